The number of hydrogen-bond acceptors (Lipinski definition) is 4. The van der Waals surface area contributed by atoms with Crippen LogP contribution in [0.2, 0.25) is 5.02 Å². The van der Waals surface area contributed by atoms with Crippen molar-refractivity contribution in [3.05, 3.63) is 16.9 Å². The van der Waals surface area contributed by atoms with Crippen LogP contribution in [0.25, 0.3) is 0 Å². The first-order chi connectivity index (χ1) is 8.59. The minimum Gasteiger partial charge on any atom is -0.308 e. The van der Waals surface area contributed by atoms with Gasteiger partial charge in [-0.15, -0.1) is 0 Å². The molecule has 5 nitrogen and oxygen atoms in total. The van der Waals surface area contributed by atoms with Gasteiger partial charge in [0.1, 0.15) is 5.69 Å². The Hall–Kier alpha value is -0.910. The molecule has 100 valence electrons. The molecule has 1 atom stereocenters. The van der Waals surface area contributed by atoms with Gasteiger partial charge in [-0.1, -0.05) is 11.6 Å². The molecule has 0 amide bonds. The minimum atomic E-state index is -0.0997. The van der Waals surface area contributed by atoms with Gasteiger partial charge in [-0.25, -0.2) is 0 Å². The quantitative estimate of drug-likeness (QED) is 0.812. The Labute approximate surface area is 112 Å². The van der Waals surface area contributed by atoms with E-state index in [0.29, 0.717) is 17.3 Å². The molecule has 1 N–H and O–H groups in total. The molecule has 0 bridgehead atoms. The van der Waals surface area contributed by atoms with E-state index in [9.17, 15) is 4.79 Å². The molecule has 1 aromatic rings. The Morgan fingerprint density at radius 3 is 3.06 bits per heavy atom. The number of Topliss-reactive ketones (excluding diaryl/α,β-unsaturated/α-hetero) is 1. The zero-order chi connectivity index (χ0) is 13.1. The molecule has 1 fully saturated rings. The predicted molar refractivity (Wildman–Crippen MR) is 71.1 cm³/mol. The van der Waals surface area contributed by atoms with Crippen LogP contribution in [0, 0.1) is 0 Å². The third-order valence-electron chi connectivity index (χ3n) is 3.16. The molecule has 2 rings (SSSR count). The molecule has 1 aromatic heterocycles. The lowest BCUT2D eigenvalue weighted by Crippen LogP contribution is -2.33. The lowest BCUT2D eigenvalue weighted by molar-refractivity contribution is 0.0941. The van der Waals surface area contributed by atoms with Crippen LogP contribution in [0.15, 0.2) is 6.20 Å². The number of carbonyl (C=O) groups is 1. The highest BCUT2D eigenvalue weighted by molar-refractivity contribution is 6.33. The summed E-state index contributed by atoms with van der Waals surface area (Å²) in [6, 6.07) is -0.0997. The van der Waals surface area contributed by atoms with Gasteiger partial charge in [-0.3, -0.25) is 9.48 Å². The zero-order valence-electron chi connectivity index (χ0n) is 10.8. The van der Waals surface area contributed by atoms with Crippen LogP contribution < -0.4 is 5.32 Å². The molecule has 1 saturated heterocycles. The van der Waals surface area contributed by atoms with Crippen LogP contribution in [0.1, 0.15) is 23.3 Å². The van der Waals surface area contributed by atoms with Crippen molar-refractivity contribution in [2.24, 2.45) is 0 Å². The Bertz CT molecular complexity index is 424. The summed E-state index contributed by atoms with van der Waals surface area (Å²) in [6.45, 7) is 2.41. The third kappa shape index (κ3) is 2.91. The highest BCUT2D eigenvalue weighted by Gasteiger charge is 2.28. The number of ketones is 1. The van der Waals surface area contributed by atoms with Crippen molar-refractivity contribution in [2.75, 3.05) is 27.2 Å². The van der Waals surface area contributed by atoms with Crippen LogP contribution in [0.4, 0.5) is 0 Å². The van der Waals surface area contributed by atoms with Gasteiger partial charge in [0.25, 0.3) is 0 Å². The fraction of sp³-hybridized carbons (Fsp3) is 0.667. The van der Waals surface area contributed by atoms with Gasteiger partial charge in [-0.05, 0) is 33.5 Å². The van der Waals surface area contributed by atoms with Gasteiger partial charge in [0, 0.05) is 6.54 Å². The summed E-state index contributed by atoms with van der Waals surface area (Å²) in [5.41, 5.74) is 0.540. The Balaban J connectivity index is 2.14. The molecule has 0 saturated carbocycles. The van der Waals surface area contributed by atoms with E-state index in [-0.39, 0.29) is 11.8 Å². The average molecular weight is 271 g/mol. The molecule has 0 aromatic carbocycles. The van der Waals surface area contributed by atoms with E-state index in [1.165, 1.54) is 0 Å². The van der Waals surface area contributed by atoms with Crippen molar-refractivity contribution in [2.45, 2.75) is 25.4 Å². The van der Waals surface area contributed by atoms with Crippen molar-refractivity contribution in [1.29, 1.82) is 0 Å². The highest BCUT2D eigenvalue weighted by atomic mass is 35.5. The predicted octanol–water partition coefficient (Wildman–Crippen LogP) is 1.03. The van der Waals surface area contributed by atoms with Crippen molar-refractivity contribution in [1.82, 2.24) is 20.0 Å². The maximum atomic E-state index is 12.4. The number of halogens is 1. The summed E-state index contributed by atoms with van der Waals surface area (Å²) >= 11 is 6.09. The fourth-order valence-corrected chi connectivity index (χ4v) is 2.38. The number of rotatable bonds is 5. The lowest BCUT2D eigenvalue weighted by Gasteiger charge is -2.14. The minimum absolute atomic E-state index is 0.0637. The van der Waals surface area contributed by atoms with Gasteiger partial charge in [0.15, 0.2) is 5.78 Å². The van der Waals surface area contributed by atoms with Crippen molar-refractivity contribution in [3.63, 3.8) is 0 Å². The number of carbonyl (C=O) groups excluding carboxylic acids is 1. The average Bonchev–Trinajstić information content (AvgIpc) is 2.94. The molecule has 1 unspecified atom stereocenters. The van der Waals surface area contributed by atoms with E-state index >= 15 is 0 Å². The lowest BCUT2D eigenvalue weighted by atomic mass is 10.1. The first-order valence-corrected chi connectivity index (χ1v) is 6.61. The molecule has 1 aliphatic rings. The van der Waals surface area contributed by atoms with Crippen LogP contribution in [-0.2, 0) is 6.54 Å². The summed E-state index contributed by atoms with van der Waals surface area (Å²) < 4.78 is 1.71. The standard InChI is InChI=1S/C12H19ClN4O/c1-16(2)6-7-17-11(9(13)8-15-17)12(18)10-4-3-5-14-10/h8,10,14H,3-7H2,1-2H3. The largest absolute Gasteiger partial charge is 0.308 e. The maximum Gasteiger partial charge on any atom is 0.199 e. The summed E-state index contributed by atoms with van der Waals surface area (Å²) in [4.78, 5) is 14.4. The monoisotopic (exact) mass is 270 g/mol. The molecule has 0 spiro atoms. The topological polar surface area (TPSA) is 50.2 Å². The molecule has 18 heavy (non-hydrogen) atoms. The second-order valence-corrected chi connectivity index (χ2v) is 5.29. The molecule has 0 aliphatic carbocycles. The van der Waals surface area contributed by atoms with E-state index in [4.69, 9.17) is 11.6 Å². The Kier molecular flexibility index (Phi) is 4.37. The third-order valence-corrected chi connectivity index (χ3v) is 3.44. The van der Waals surface area contributed by atoms with E-state index in [1.54, 1.807) is 10.9 Å². The van der Waals surface area contributed by atoms with Gasteiger partial charge in [-0.2, -0.15) is 5.10 Å². The number of hydrogen-bond donors (Lipinski definition) is 1. The Morgan fingerprint density at radius 2 is 2.44 bits per heavy atom. The molecule has 2 heterocycles. The first kappa shape index (κ1) is 13.5. The number of likely N-dealkylation sites (N-methyl/N-ethyl adjacent to an activating group) is 1. The van der Waals surface area contributed by atoms with E-state index in [1.807, 2.05) is 14.1 Å². The molecule has 0 radical (unpaired) electrons. The van der Waals surface area contributed by atoms with Crippen LogP contribution in [-0.4, -0.2) is 53.7 Å². The van der Waals surface area contributed by atoms with Crippen molar-refractivity contribution in [3.8, 4) is 0 Å². The summed E-state index contributed by atoms with van der Waals surface area (Å²) in [5, 5.41) is 7.85. The Morgan fingerprint density at radius 1 is 1.67 bits per heavy atom. The molecular formula is C12H19ClN4O. The van der Waals surface area contributed by atoms with Crippen molar-refractivity contribution < 1.29 is 4.79 Å². The summed E-state index contributed by atoms with van der Waals surface area (Å²) in [6.07, 6.45) is 3.48. The van der Waals surface area contributed by atoms with E-state index < -0.39 is 0 Å². The van der Waals surface area contributed by atoms with Gasteiger partial charge in [0.05, 0.1) is 23.8 Å². The number of nitrogens with zero attached hydrogens (tertiary/aromatic N) is 3. The molecule has 6 heteroatoms. The molecular weight excluding hydrogens is 252 g/mol. The number of nitrogens with one attached hydrogen (secondary N) is 1. The van der Waals surface area contributed by atoms with Crippen LogP contribution in [0.5, 0.6) is 0 Å². The fourth-order valence-electron chi connectivity index (χ4n) is 2.15. The van der Waals surface area contributed by atoms with E-state index in [2.05, 4.69) is 15.3 Å². The SMILES string of the molecule is CN(C)CCn1ncc(Cl)c1C(=O)C1CCCN1. The number of aromatic nitrogens is 2. The maximum absolute atomic E-state index is 12.4. The smallest absolute Gasteiger partial charge is 0.199 e. The first-order valence-electron chi connectivity index (χ1n) is 6.23. The van der Waals surface area contributed by atoms with Crippen LogP contribution >= 0.6 is 11.6 Å². The second kappa shape index (κ2) is 5.82. The van der Waals surface area contributed by atoms with E-state index in [0.717, 1.165) is 25.9 Å². The molecule has 1 aliphatic heterocycles. The van der Waals surface area contributed by atoms with Crippen LogP contribution in [0.3, 0.4) is 0 Å². The summed E-state index contributed by atoms with van der Waals surface area (Å²) in [7, 11) is 3.98. The summed E-state index contributed by atoms with van der Waals surface area (Å²) in [5.74, 6) is 0.0637. The normalized spacial score (nSPS) is 19.7. The second-order valence-electron chi connectivity index (χ2n) is 4.88. The van der Waals surface area contributed by atoms with Gasteiger partial charge < -0.3 is 10.2 Å². The van der Waals surface area contributed by atoms with Gasteiger partial charge in [0.2, 0.25) is 0 Å². The highest BCUT2D eigenvalue weighted by Crippen LogP contribution is 2.20. The zero-order valence-corrected chi connectivity index (χ0v) is 11.6. The van der Waals surface area contributed by atoms with Gasteiger partial charge >= 0.3 is 0 Å². The van der Waals surface area contributed by atoms with Crippen molar-refractivity contribution >= 4 is 17.4 Å².